The van der Waals surface area contributed by atoms with E-state index in [9.17, 15) is 14.4 Å². The average Bonchev–Trinajstić information content (AvgIpc) is 3.26. The van der Waals surface area contributed by atoms with Crippen LogP contribution in [0.5, 0.6) is 0 Å². The first-order chi connectivity index (χ1) is 12.0. The molecule has 0 aromatic heterocycles. The van der Waals surface area contributed by atoms with Crippen molar-refractivity contribution in [2.24, 2.45) is 0 Å². The summed E-state index contributed by atoms with van der Waals surface area (Å²) in [5.41, 5.74) is 1.22. The molecule has 2 N–H and O–H groups in total. The lowest BCUT2D eigenvalue weighted by Gasteiger charge is -2.29. The van der Waals surface area contributed by atoms with Gasteiger partial charge in [0.05, 0.1) is 4.87 Å². The fourth-order valence-electron chi connectivity index (χ4n) is 3.44. The largest absolute Gasteiger partial charge is 0.349 e. The van der Waals surface area contributed by atoms with Crippen LogP contribution in [0.1, 0.15) is 43.0 Å². The average molecular weight is 359 g/mol. The van der Waals surface area contributed by atoms with Gasteiger partial charge in [-0.15, -0.1) is 11.8 Å². The van der Waals surface area contributed by atoms with Crippen molar-refractivity contribution in [3.05, 3.63) is 29.8 Å². The highest BCUT2D eigenvalue weighted by Gasteiger charge is 2.52. The summed E-state index contributed by atoms with van der Waals surface area (Å²) in [7, 11) is 0. The Morgan fingerprint density at radius 2 is 1.96 bits per heavy atom. The van der Waals surface area contributed by atoms with Gasteiger partial charge in [0.25, 0.3) is 5.91 Å². The van der Waals surface area contributed by atoms with Gasteiger partial charge < -0.3 is 15.5 Å². The van der Waals surface area contributed by atoms with Gasteiger partial charge in [-0.3, -0.25) is 14.4 Å². The SMILES string of the molecule is CC12CCC(=O)N1C(C(=O)Nc1ccc(C(=O)NC3CC3)cc1)CS2. The molecule has 2 unspecified atom stereocenters. The molecule has 7 heteroatoms. The molecule has 0 bridgehead atoms. The first kappa shape index (κ1) is 16.4. The number of rotatable bonds is 4. The van der Waals surface area contributed by atoms with Gasteiger partial charge in [0, 0.05) is 29.5 Å². The van der Waals surface area contributed by atoms with Crippen molar-refractivity contribution in [3.63, 3.8) is 0 Å². The number of carbonyl (C=O) groups excluding carboxylic acids is 3. The molecule has 1 aromatic rings. The van der Waals surface area contributed by atoms with Crippen molar-refractivity contribution >= 4 is 35.2 Å². The van der Waals surface area contributed by atoms with Gasteiger partial charge >= 0.3 is 0 Å². The number of benzene rings is 1. The Balaban J connectivity index is 1.41. The maximum Gasteiger partial charge on any atom is 0.251 e. The summed E-state index contributed by atoms with van der Waals surface area (Å²) in [5.74, 6) is 0.433. The van der Waals surface area contributed by atoms with Crippen LogP contribution in [-0.2, 0) is 9.59 Å². The Hall–Kier alpha value is -2.02. The Morgan fingerprint density at radius 3 is 2.64 bits per heavy atom. The number of nitrogens with zero attached hydrogens (tertiary/aromatic N) is 1. The Labute approximate surface area is 150 Å². The van der Waals surface area contributed by atoms with Gasteiger partial charge in [-0.1, -0.05) is 0 Å². The number of fused-ring (bicyclic) bond motifs is 1. The van der Waals surface area contributed by atoms with Crippen LogP contribution in [0.15, 0.2) is 24.3 Å². The first-order valence-corrected chi connectivity index (χ1v) is 9.63. The van der Waals surface area contributed by atoms with Crippen molar-refractivity contribution in [1.29, 1.82) is 0 Å². The minimum absolute atomic E-state index is 0.0553. The molecule has 25 heavy (non-hydrogen) atoms. The third-order valence-corrected chi connectivity index (χ3v) is 6.58. The maximum absolute atomic E-state index is 12.6. The Bertz CT molecular complexity index is 732. The number of nitrogens with one attached hydrogen (secondary N) is 2. The van der Waals surface area contributed by atoms with Crippen LogP contribution in [0, 0.1) is 0 Å². The lowest BCUT2D eigenvalue weighted by Crippen LogP contribution is -2.48. The zero-order valence-electron chi connectivity index (χ0n) is 14.1. The van der Waals surface area contributed by atoms with Gasteiger partial charge in [-0.05, 0) is 50.5 Å². The normalized spacial score (nSPS) is 28.0. The quantitative estimate of drug-likeness (QED) is 0.862. The van der Waals surface area contributed by atoms with Gasteiger partial charge in [-0.2, -0.15) is 0 Å². The van der Waals surface area contributed by atoms with Crippen LogP contribution in [0.3, 0.4) is 0 Å². The molecular formula is C18H21N3O3S. The number of anilines is 1. The van der Waals surface area contributed by atoms with Crippen LogP contribution in [-0.4, -0.2) is 45.3 Å². The summed E-state index contributed by atoms with van der Waals surface area (Å²) in [6.07, 6.45) is 3.41. The van der Waals surface area contributed by atoms with Crippen LogP contribution in [0.25, 0.3) is 0 Å². The highest BCUT2D eigenvalue weighted by molar-refractivity contribution is 8.01. The molecule has 2 aliphatic heterocycles. The van der Waals surface area contributed by atoms with E-state index in [1.165, 1.54) is 0 Å². The number of hydrogen-bond donors (Lipinski definition) is 2. The minimum atomic E-state index is -0.428. The monoisotopic (exact) mass is 359 g/mol. The minimum Gasteiger partial charge on any atom is -0.349 e. The number of thioether (sulfide) groups is 1. The summed E-state index contributed by atoms with van der Waals surface area (Å²) in [4.78, 5) is 38.2. The summed E-state index contributed by atoms with van der Waals surface area (Å²) in [5, 5.41) is 5.81. The molecule has 1 aliphatic carbocycles. The number of amides is 3. The molecule has 1 aromatic carbocycles. The molecule has 1 saturated carbocycles. The van der Waals surface area contributed by atoms with E-state index in [1.54, 1.807) is 40.9 Å². The van der Waals surface area contributed by atoms with E-state index in [4.69, 9.17) is 0 Å². The van der Waals surface area contributed by atoms with E-state index in [-0.39, 0.29) is 22.6 Å². The molecule has 2 saturated heterocycles. The number of carbonyl (C=O) groups is 3. The first-order valence-electron chi connectivity index (χ1n) is 8.64. The second-order valence-corrected chi connectivity index (χ2v) is 8.58. The van der Waals surface area contributed by atoms with E-state index >= 15 is 0 Å². The van der Waals surface area contributed by atoms with Crippen molar-refractivity contribution < 1.29 is 14.4 Å². The van der Waals surface area contributed by atoms with Gasteiger partial charge in [-0.25, -0.2) is 0 Å². The molecule has 0 radical (unpaired) electrons. The van der Waals surface area contributed by atoms with Gasteiger partial charge in [0.15, 0.2) is 0 Å². The third kappa shape index (κ3) is 3.13. The second-order valence-electron chi connectivity index (χ2n) is 7.08. The zero-order valence-corrected chi connectivity index (χ0v) is 14.9. The molecule has 2 heterocycles. The Morgan fingerprint density at radius 1 is 1.24 bits per heavy atom. The zero-order chi connectivity index (χ0) is 17.6. The molecule has 3 aliphatic rings. The molecule has 3 amide bonds. The molecule has 0 spiro atoms. The molecular weight excluding hydrogens is 338 g/mol. The topological polar surface area (TPSA) is 78.5 Å². The van der Waals surface area contributed by atoms with E-state index in [2.05, 4.69) is 10.6 Å². The predicted molar refractivity (Wildman–Crippen MR) is 96.3 cm³/mol. The van der Waals surface area contributed by atoms with E-state index in [1.807, 2.05) is 6.92 Å². The molecule has 2 atom stereocenters. The van der Waals surface area contributed by atoms with Crippen molar-refractivity contribution in [3.8, 4) is 0 Å². The molecule has 132 valence electrons. The highest BCUT2D eigenvalue weighted by Crippen LogP contribution is 2.47. The Kier molecular flexibility index (Phi) is 3.98. The van der Waals surface area contributed by atoms with E-state index in [0.717, 1.165) is 19.3 Å². The summed E-state index contributed by atoms with van der Waals surface area (Å²) < 4.78 is 0. The van der Waals surface area contributed by atoms with Crippen LogP contribution < -0.4 is 10.6 Å². The predicted octanol–water partition coefficient (Wildman–Crippen LogP) is 1.97. The van der Waals surface area contributed by atoms with Crippen molar-refractivity contribution in [1.82, 2.24) is 10.2 Å². The van der Waals surface area contributed by atoms with E-state index < -0.39 is 6.04 Å². The van der Waals surface area contributed by atoms with Crippen LogP contribution >= 0.6 is 11.8 Å². The fraction of sp³-hybridized carbons (Fsp3) is 0.500. The van der Waals surface area contributed by atoms with Crippen molar-refractivity contribution in [2.75, 3.05) is 11.1 Å². The highest BCUT2D eigenvalue weighted by atomic mass is 32.2. The molecule has 3 fully saturated rings. The summed E-state index contributed by atoms with van der Waals surface area (Å²) in [6.45, 7) is 2.03. The summed E-state index contributed by atoms with van der Waals surface area (Å²) in [6, 6.07) is 6.77. The number of hydrogen-bond acceptors (Lipinski definition) is 4. The maximum atomic E-state index is 12.6. The standard InChI is InChI=1S/C18H21N3O3S/c1-18-9-8-15(22)21(18)14(10-25-18)17(24)20-12-4-2-11(3-5-12)16(23)19-13-6-7-13/h2-5,13-14H,6-10H2,1H3,(H,19,23)(H,20,24). The van der Waals surface area contributed by atoms with Crippen molar-refractivity contribution in [2.45, 2.75) is 49.6 Å². The van der Waals surface area contributed by atoms with E-state index in [0.29, 0.717) is 29.5 Å². The molecule has 4 rings (SSSR count). The van der Waals surface area contributed by atoms with Gasteiger partial charge in [0.2, 0.25) is 11.8 Å². The smallest absolute Gasteiger partial charge is 0.251 e. The fourth-order valence-corrected chi connectivity index (χ4v) is 4.87. The van der Waals surface area contributed by atoms with Gasteiger partial charge in [0.1, 0.15) is 6.04 Å². The lowest BCUT2D eigenvalue weighted by atomic mass is 10.1. The molecule has 6 nitrogen and oxygen atoms in total. The van der Waals surface area contributed by atoms with Crippen LogP contribution in [0.4, 0.5) is 5.69 Å². The van der Waals surface area contributed by atoms with Crippen LogP contribution in [0.2, 0.25) is 0 Å². The third-order valence-electron chi connectivity index (χ3n) is 5.07. The lowest BCUT2D eigenvalue weighted by molar-refractivity contribution is -0.135. The second kappa shape index (κ2) is 6.05. The summed E-state index contributed by atoms with van der Waals surface area (Å²) >= 11 is 1.68.